The first-order valence-electron chi connectivity index (χ1n) is 6.46. The van der Waals surface area contributed by atoms with Crippen LogP contribution >= 0.6 is 0 Å². The number of carboxylic acids is 2. The van der Waals surface area contributed by atoms with Gasteiger partial charge in [-0.25, -0.2) is 9.59 Å². The molecule has 1 aliphatic heterocycles. The summed E-state index contributed by atoms with van der Waals surface area (Å²) in [6.07, 6.45) is -0.223. The van der Waals surface area contributed by atoms with Gasteiger partial charge in [0.25, 0.3) is 11.8 Å². The summed E-state index contributed by atoms with van der Waals surface area (Å²) in [4.78, 5) is 47.2. The smallest absolute Gasteiger partial charge is 0.332 e. The van der Waals surface area contributed by atoms with Crippen LogP contribution in [0.25, 0.3) is 0 Å². The van der Waals surface area contributed by atoms with Crippen LogP contribution in [0.3, 0.4) is 0 Å². The molecule has 0 spiro atoms. The number of amides is 2. The maximum absolute atomic E-state index is 12.1. The molecule has 1 heterocycles. The van der Waals surface area contributed by atoms with Crippen molar-refractivity contribution in [2.45, 2.75) is 13.3 Å². The molecule has 1 aromatic carbocycles. The lowest BCUT2D eigenvalue weighted by molar-refractivity contribution is -0.136. The minimum Gasteiger partial charge on any atom is -0.478 e. The van der Waals surface area contributed by atoms with Gasteiger partial charge in [0.1, 0.15) is 0 Å². The summed E-state index contributed by atoms with van der Waals surface area (Å²) in [5, 5.41) is 17.9. The Morgan fingerprint density at radius 3 is 1.91 bits per heavy atom. The molecule has 2 amide bonds. The Bertz CT molecular complexity index is 683. The van der Waals surface area contributed by atoms with E-state index < -0.39 is 23.8 Å². The lowest BCUT2D eigenvalue weighted by Crippen LogP contribution is -2.31. The van der Waals surface area contributed by atoms with E-state index in [0.717, 1.165) is 4.90 Å². The standard InChI is InChI=1S/C15H13NO6/c1-8(14(19)20)9(15(21)22)6-7-16-12(17)10-4-2-3-5-11(10)13(16)18/h2-5H,6-7H2,1H3,(H,19,20)(H,21,22)/b9-8+. The van der Waals surface area contributed by atoms with E-state index in [1.807, 2.05) is 0 Å². The van der Waals surface area contributed by atoms with Crippen molar-refractivity contribution in [3.8, 4) is 0 Å². The minimum atomic E-state index is -1.38. The van der Waals surface area contributed by atoms with Gasteiger partial charge in [-0.1, -0.05) is 12.1 Å². The maximum atomic E-state index is 12.1. The van der Waals surface area contributed by atoms with E-state index in [0.29, 0.717) is 0 Å². The predicted molar refractivity (Wildman–Crippen MR) is 74.4 cm³/mol. The predicted octanol–water partition coefficient (Wildman–Crippen LogP) is 1.16. The highest BCUT2D eigenvalue weighted by molar-refractivity contribution is 6.21. The van der Waals surface area contributed by atoms with Crippen LogP contribution in [0.15, 0.2) is 35.4 Å². The molecule has 0 unspecified atom stereocenters. The summed E-state index contributed by atoms with van der Waals surface area (Å²) in [5.74, 6) is -3.73. The summed E-state index contributed by atoms with van der Waals surface area (Å²) in [7, 11) is 0. The van der Waals surface area contributed by atoms with Gasteiger partial charge in [0.15, 0.2) is 0 Å². The molecule has 0 saturated carbocycles. The van der Waals surface area contributed by atoms with E-state index >= 15 is 0 Å². The van der Waals surface area contributed by atoms with Crippen molar-refractivity contribution < 1.29 is 29.4 Å². The van der Waals surface area contributed by atoms with Crippen LogP contribution in [0.1, 0.15) is 34.1 Å². The molecule has 0 aliphatic carbocycles. The third-order valence-corrected chi connectivity index (χ3v) is 3.50. The van der Waals surface area contributed by atoms with E-state index in [1.165, 1.54) is 19.1 Å². The molecule has 22 heavy (non-hydrogen) atoms. The topological polar surface area (TPSA) is 112 Å². The number of carbonyl (C=O) groups is 4. The fourth-order valence-electron chi connectivity index (χ4n) is 2.25. The molecule has 0 bridgehead atoms. The van der Waals surface area contributed by atoms with E-state index in [2.05, 4.69) is 0 Å². The van der Waals surface area contributed by atoms with Crippen LogP contribution in [-0.4, -0.2) is 45.4 Å². The summed E-state index contributed by atoms with van der Waals surface area (Å²) >= 11 is 0. The number of carboxylic acid groups (broad SMARTS) is 2. The fraction of sp³-hybridized carbons (Fsp3) is 0.200. The van der Waals surface area contributed by atoms with Crippen LogP contribution < -0.4 is 0 Å². The van der Waals surface area contributed by atoms with Crippen LogP contribution in [0, 0.1) is 0 Å². The van der Waals surface area contributed by atoms with Gasteiger partial charge in [-0.2, -0.15) is 0 Å². The molecule has 0 atom stereocenters. The molecular weight excluding hydrogens is 290 g/mol. The number of fused-ring (bicyclic) bond motifs is 1. The third kappa shape index (κ3) is 2.60. The largest absolute Gasteiger partial charge is 0.478 e. The van der Waals surface area contributed by atoms with Crippen molar-refractivity contribution in [3.63, 3.8) is 0 Å². The van der Waals surface area contributed by atoms with Crippen LogP contribution in [0.5, 0.6) is 0 Å². The Labute approximate surface area is 125 Å². The third-order valence-electron chi connectivity index (χ3n) is 3.50. The molecule has 7 nitrogen and oxygen atoms in total. The first kappa shape index (κ1) is 15.4. The number of aliphatic carboxylic acids is 2. The zero-order chi connectivity index (χ0) is 16.4. The average Bonchev–Trinajstić information content (AvgIpc) is 2.72. The van der Waals surface area contributed by atoms with E-state index in [1.54, 1.807) is 12.1 Å². The maximum Gasteiger partial charge on any atom is 0.332 e. The molecule has 2 rings (SSSR count). The quantitative estimate of drug-likeness (QED) is 0.623. The van der Waals surface area contributed by atoms with Crippen molar-refractivity contribution in [3.05, 3.63) is 46.5 Å². The van der Waals surface area contributed by atoms with Crippen LogP contribution in [0.2, 0.25) is 0 Å². The van der Waals surface area contributed by atoms with E-state index in [4.69, 9.17) is 10.2 Å². The van der Waals surface area contributed by atoms with Crippen molar-refractivity contribution >= 4 is 23.8 Å². The number of carbonyl (C=O) groups excluding carboxylic acids is 2. The van der Waals surface area contributed by atoms with Gasteiger partial charge in [-0.15, -0.1) is 0 Å². The van der Waals surface area contributed by atoms with Crippen molar-refractivity contribution in [1.29, 1.82) is 0 Å². The number of nitrogens with zero attached hydrogens (tertiary/aromatic N) is 1. The Morgan fingerprint density at radius 2 is 1.50 bits per heavy atom. The van der Waals surface area contributed by atoms with Crippen molar-refractivity contribution in [2.24, 2.45) is 0 Å². The first-order chi connectivity index (χ1) is 10.3. The summed E-state index contributed by atoms with van der Waals surface area (Å²) < 4.78 is 0. The number of imide groups is 1. The number of rotatable bonds is 5. The van der Waals surface area contributed by atoms with E-state index in [-0.39, 0.29) is 35.2 Å². The Kier molecular flexibility index (Phi) is 4.07. The van der Waals surface area contributed by atoms with Gasteiger partial charge in [-0.05, 0) is 25.5 Å². The molecule has 114 valence electrons. The molecule has 0 fully saturated rings. The second-order valence-electron chi connectivity index (χ2n) is 4.77. The summed E-state index contributed by atoms with van der Waals surface area (Å²) in [6, 6.07) is 6.30. The zero-order valence-electron chi connectivity index (χ0n) is 11.7. The molecule has 1 aliphatic rings. The van der Waals surface area contributed by atoms with Crippen LogP contribution in [0.4, 0.5) is 0 Å². The SMILES string of the molecule is C/C(C(=O)O)=C(/CCN1C(=O)c2ccccc2C1=O)C(=O)O. The minimum absolute atomic E-state index is 0.182. The van der Waals surface area contributed by atoms with Crippen molar-refractivity contribution in [2.75, 3.05) is 6.54 Å². The van der Waals surface area contributed by atoms with Gasteiger partial charge in [-0.3, -0.25) is 14.5 Å². The summed E-state index contributed by atoms with van der Waals surface area (Å²) in [6.45, 7) is 0.993. The normalized spacial score (nSPS) is 14.7. The highest BCUT2D eigenvalue weighted by Crippen LogP contribution is 2.23. The molecule has 7 heteroatoms. The Morgan fingerprint density at radius 1 is 1.00 bits per heavy atom. The first-order valence-corrected chi connectivity index (χ1v) is 6.46. The van der Waals surface area contributed by atoms with Crippen molar-refractivity contribution in [1.82, 2.24) is 4.90 Å². The molecule has 2 N–H and O–H groups in total. The summed E-state index contributed by atoms with van der Waals surface area (Å²) in [5.41, 5.74) is -0.111. The van der Waals surface area contributed by atoms with Gasteiger partial charge < -0.3 is 10.2 Å². The highest BCUT2D eigenvalue weighted by Gasteiger charge is 2.35. The molecule has 0 saturated heterocycles. The molecular formula is C15H13NO6. The Hall–Kier alpha value is -2.96. The number of benzene rings is 1. The van der Waals surface area contributed by atoms with Crippen LogP contribution in [-0.2, 0) is 9.59 Å². The molecule has 0 radical (unpaired) electrons. The van der Waals surface area contributed by atoms with Gasteiger partial charge >= 0.3 is 11.9 Å². The van der Waals surface area contributed by atoms with Gasteiger partial charge in [0, 0.05) is 17.7 Å². The molecule has 0 aromatic heterocycles. The molecule has 1 aromatic rings. The lowest BCUT2D eigenvalue weighted by Gasteiger charge is -2.14. The average molecular weight is 303 g/mol. The number of hydrogen-bond acceptors (Lipinski definition) is 4. The fourth-order valence-corrected chi connectivity index (χ4v) is 2.25. The Balaban J connectivity index is 2.21. The van der Waals surface area contributed by atoms with Gasteiger partial charge in [0.05, 0.1) is 11.1 Å². The van der Waals surface area contributed by atoms with E-state index in [9.17, 15) is 19.2 Å². The van der Waals surface area contributed by atoms with Gasteiger partial charge in [0.2, 0.25) is 0 Å². The zero-order valence-corrected chi connectivity index (χ0v) is 11.7. The highest BCUT2D eigenvalue weighted by atomic mass is 16.4. The monoisotopic (exact) mass is 303 g/mol. The number of hydrogen-bond donors (Lipinski definition) is 2. The lowest BCUT2D eigenvalue weighted by atomic mass is 10.1. The second-order valence-corrected chi connectivity index (χ2v) is 4.77. The second kappa shape index (κ2) is 5.80.